The van der Waals surface area contributed by atoms with Gasteiger partial charge in [0.25, 0.3) is 0 Å². The number of aryl methyl sites for hydroxylation is 1. The van der Waals surface area contributed by atoms with E-state index in [1.165, 1.54) is 17.7 Å². The van der Waals surface area contributed by atoms with Gasteiger partial charge in [0, 0.05) is 38.1 Å². The van der Waals surface area contributed by atoms with Crippen LogP contribution in [0.4, 0.5) is 0 Å². The Bertz CT molecular complexity index is 1460. The number of hydrogen-bond donors (Lipinski definition) is 0. The molecular weight excluding hydrogens is 524 g/mol. The summed E-state index contributed by atoms with van der Waals surface area (Å²) in [6.45, 7) is 7.93. The van der Waals surface area contributed by atoms with Crippen molar-refractivity contribution >= 4 is 16.1 Å². The third-order valence-electron chi connectivity index (χ3n) is 7.73. The Morgan fingerprint density at radius 2 is 1.60 bits per heavy atom. The van der Waals surface area contributed by atoms with Gasteiger partial charge in [0.15, 0.2) is 0 Å². The number of benzene rings is 3. The summed E-state index contributed by atoms with van der Waals surface area (Å²) >= 11 is 0. The summed E-state index contributed by atoms with van der Waals surface area (Å²) in [5.41, 5.74) is 3.55. The Balaban J connectivity index is 1.56. The molecule has 8 heteroatoms. The molecule has 2 aliphatic heterocycles. The second kappa shape index (κ2) is 12.0. The van der Waals surface area contributed by atoms with E-state index in [9.17, 15) is 13.2 Å². The van der Waals surface area contributed by atoms with Crippen LogP contribution in [0.25, 0.3) is 0 Å². The van der Waals surface area contributed by atoms with Gasteiger partial charge in [-0.1, -0.05) is 78.4 Å². The molecule has 0 amide bonds. The Hall–Kier alpha value is -3.46. The van der Waals surface area contributed by atoms with Crippen LogP contribution in [-0.4, -0.2) is 56.0 Å². The molecule has 1 fully saturated rings. The highest BCUT2D eigenvalue weighted by Gasteiger charge is 2.48. The SMILES string of the molecule is CCOC(=O)C1=C(OS(=O)(=O)c2ccc(C)cc2)C[C@@H]2CN(Cc3ccccc3)CC1N2C(C)c1ccccc1. The molecule has 3 aromatic rings. The number of piperazine rings is 1. The highest BCUT2D eigenvalue weighted by Crippen LogP contribution is 2.41. The summed E-state index contributed by atoms with van der Waals surface area (Å²) in [6, 6.07) is 26.5. The molecule has 0 spiro atoms. The van der Waals surface area contributed by atoms with Crippen molar-refractivity contribution in [2.75, 3.05) is 19.7 Å². The van der Waals surface area contributed by atoms with Crippen LogP contribution in [0.3, 0.4) is 0 Å². The van der Waals surface area contributed by atoms with Gasteiger partial charge in [0.1, 0.15) is 10.7 Å². The maximum Gasteiger partial charge on any atom is 0.339 e. The van der Waals surface area contributed by atoms with Crippen LogP contribution in [0.1, 0.15) is 43.0 Å². The first-order valence-electron chi connectivity index (χ1n) is 13.8. The number of ether oxygens (including phenoxy) is 1. The number of fused-ring (bicyclic) bond motifs is 2. The maximum absolute atomic E-state index is 13.5. The second-order valence-electron chi connectivity index (χ2n) is 10.5. The van der Waals surface area contributed by atoms with Crippen molar-refractivity contribution in [3.8, 4) is 0 Å². The zero-order valence-electron chi connectivity index (χ0n) is 23.2. The summed E-state index contributed by atoms with van der Waals surface area (Å²) < 4.78 is 38.1. The highest BCUT2D eigenvalue weighted by molar-refractivity contribution is 7.86. The van der Waals surface area contributed by atoms with Crippen LogP contribution in [0.15, 0.2) is 101 Å². The molecule has 0 aromatic heterocycles. The third-order valence-corrected chi connectivity index (χ3v) is 9.00. The first-order chi connectivity index (χ1) is 19.3. The third kappa shape index (κ3) is 5.99. The minimum Gasteiger partial charge on any atom is -0.462 e. The predicted molar refractivity (Wildman–Crippen MR) is 154 cm³/mol. The molecule has 2 unspecified atom stereocenters. The monoisotopic (exact) mass is 560 g/mol. The average Bonchev–Trinajstić information content (AvgIpc) is 2.93. The molecule has 5 rings (SSSR count). The number of rotatable bonds is 9. The van der Waals surface area contributed by atoms with E-state index in [-0.39, 0.29) is 41.3 Å². The van der Waals surface area contributed by atoms with Crippen LogP contribution in [0, 0.1) is 6.92 Å². The van der Waals surface area contributed by atoms with Crippen molar-refractivity contribution in [3.63, 3.8) is 0 Å². The quantitative estimate of drug-likeness (QED) is 0.262. The number of carbonyl (C=O) groups excluding carboxylic acids is 1. The lowest BCUT2D eigenvalue weighted by atomic mass is 9.86. The fourth-order valence-electron chi connectivity index (χ4n) is 5.86. The standard InChI is InChI=1S/C32H36N2O5S/c1-4-38-32(35)31-29-22-33(20-25-11-7-5-8-12-25)21-27(34(29)24(3)26-13-9-6-10-14-26)19-30(31)39-40(36,37)28-17-15-23(2)16-18-28/h5-18,24,27,29H,4,19-22H2,1-3H3/t24?,27-,29?/m1/s1. The molecule has 0 saturated carbocycles. The maximum atomic E-state index is 13.5. The Labute approximate surface area is 237 Å². The minimum absolute atomic E-state index is 0.00485. The molecule has 7 nitrogen and oxygen atoms in total. The van der Waals surface area contributed by atoms with Gasteiger partial charge in [0.05, 0.1) is 18.2 Å². The molecule has 1 saturated heterocycles. The van der Waals surface area contributed by atoms with Crippen molar-refractivity contribution in [1.29, 1.82) is 0 Å². The molecule has 2 aliphatic rings. The van der Waals surface area contributed by atoms with Crippen molar-refractivity contribution < 1.29 is 22.1 Å². The van der Waals surface area contributed by atoms with Crippen molar-refractivity contribution in [1.82, 2.24) is 9.80 Å². The van der Waals surface area contributed by atoms with Gasteiger partial charge in [-0.2, -0.15) is 8.42 Å². The number of hydrogen-bond acceptors (Lipinski definition) is 7. The summed E-state index contributed by atoms with van der Waals surface area (Å²) in [5.74, 6) is -0.350. The lowest BCUT2D eigenvalue weighted by Gasteiger charge is -2.52. The minimum atomic E-state index is -4.14. The van der Waals surface area contributed by atoms with Crippen LogP contribution in [0.2, 0.25) is 0 Å². The van der Waals surface area contributed by atoms with Gasteiger partial charge >= 0.3 is 16.1 Å². The first-order valence-corrected chi connectivity index (χ1v) is 15.2. The van der Waals surface area contributed by atoms with E-state index in [2.05, 4.69) is 41.0 Å². The van der Waals surface area contributed by atoms with Gasteiger partial charge in [-0.15, -0.1) is 0 Å². The Kier molecular flexibility index (Phi) is 8.40. The topological polar surface area (TPSA) is 76.1 Å². The predicted octanol–water partition coefficient (Wildman–Crippen LogP) is 5.24. The van der Waals surface area contributed by atoms with Crippen molar-refractivity contribution in [2.24, 2.45) is 0 Å². The van der Waals surface area contributed by atoms with Gasteiger partial charge in [-0.05, 0) is 44.0 Å². The van der Waals surface area contributed by atoms with E-state index >= 15 is 0 Å². The van der Waals surface area contributed by atoms with Crippen LogP contribution >= 0.6 is 0 Å². The van der Waals surface area contributed by atoms with Crippen LogP contribution in [0.5, 0.6) is 0 Å². The van der Waals surface area contributed by atoms with E-state index < -0.39 is 22.1 Å². The molecule has 2 bridgehead atoms. The molecule has 0 aliphatic carbocycles. The fraction of sp³-hybridized carbons (Fsp3) is 0.344. The van der Waals surface area contributed by atoms with Gasteiger partial charge in [-0.3, -0.25) is 9.80 Å². The van der Waals surface area contributed by atoms with E-state index in [0.717, 1.165) is 17.7 Å². The van der Waals surface area contributed by atoms with E-state index in [1.54, 1.807) is 19.1 Å². The molecule has 40 heavy (non-hydrogen) atoms. The van der Waals surface area contributed by atoms with Gasteiger partial charge in [0.2, 0.25) is 0 Å². The van der Waals surface area contributed by atoms with E-state index in [4.69, 9.17) is 8.92 Å². The lowest BCUT2D eigenvalue weighted by Crippen LogP contribution is -2.62. The van der Waals surface area contributed by atoms with Crippen molar-refractivity contribution in [3.05, 3.63) is 113 Å². The summed E-state index contributed by atoms with van der Waals surface area (Å²) in [4.78, 5) is 18.3. The fourth-order valence-corrected chi connectivity index (χ4v) is 6.85. The van der Waals surface area contributed by atoms with Gasteiger partial charge in [-0.25, -0.2) is 4.79 Å². The smallest absolute Gasteiger partial charge is 0.339 e. The zero-order valence-corrected chi connectivity index (χ0v) is 24.0. The zero-order chi connectivity index (χ0) is 28.3. The summed E-state index contributed by atoms with van der Waals surface area (Å²) in [5, 5.41) is 0. The van der Waals surface area contributed by atoms with Crippen molar-refractivity contribution in [2.45, 2.75) is 56.8 Å². The molecule has 210 valence electrons. The Morgan fingerprint density at radius 3 is 2.25 bits per heavy atom. The van der Waals surface area contributed by atoms with Crippen LogP contribution < -0.4 is 0 Å². The molecule has 3 atom stereocenters. The lowest BCUT2D eigenvalue weighted by molar-refractivity contribution is -0.141. The number of carbonyl (C=O) groups is 1. The Morgan fingerprint density at radius 1 is 0.950 bits per heavy atom. The molecule has 3 aromatic carbocycles. The summed E-state index contributed by atoms with van der Waals surface area (Å²) in [7, 11) is -4.14. The summed E-state index contributed by atoms with van der Waals surface area (Å²) in [6.07, 6.45) is 0.276. The molecule has 0 N–H and O–H groups in total. The molecular formula is C32H36N2O5S. The number of nitrogens with zero attached hydrogens (tertiary/aromatic N) is 2. The largest absolute Gasteiger partial charge is 0.462 e. The second-order valence-corrected chi connectivity index (χ2v) is 12.0. The highest BCUT2D eigenvalue weighted by atomic mass is 32.2. The molecule has 0 radical (unpaired) electrons. The van der Waals surface area contributed by atoms with Gasteiger partial charge < -0.3 is 8.92 Å². The van der Waals surface area contributed by atoms with Crippen LogP contribution in [-0.2, 0) is 30.4 Å². The van der Waals surface area contributed by atoms with E-state index in [0.29, 0.717) is 13.1 Å². The normalized spacial score (nSPS) is 20.7. The van der Waals surface area contributed by atoms with E-state index in [1.807, 2.05) is 43.3 Å². The number of esters is 1. The molecule has 2 heterocycles. The average molecular weight is 561 g/mol. The first kappa shape index (κ1) is 28.1.